The average Bonchev–Trinajstić information content (AvgIpc) is 2.51. The fraction of sp³-hybridized carbons (Fsp3) is 1.00. The van der Waals surface area contributed by atoms with E-state index in [1.54, 1.807) is 0 Å². The minimum absolute atomic E-state index is 0.528. The minimum Gasteiger partial charge on any atom is -0.415 e. The van der Waals surface area contributed by atoms with Crippen LogP contribution in [-0.4, -0.2) is 55.6 Å². The molecule has 0 amide bonds. The second-order valence-electron chi connectivity index (χ2n) is 3.45. The van der Waals surface area contributed by atoms with Crippen molar-refractivity contribution in [2.24, 2.45) is 0 Å². The van der Waals surface area contributed by atoms with Crippen LogP contribution in [0.5, 0.6) is 0 Å². The molecule has 110 valence electrons. The van der Waals surface area contributed by atoms with E-state index in [1.807, 2.05) is 43.2 Å². The van der Waals surface area contributed by atoms with Gasteiger partial charge in [0.15, 0.2) is 0 Å². The molecule has 2 rings (SSSR count). The Morgan fingerprint density at radius 2 is 1.28 bits per heavy atom. The molecule has 2 saturated heterocycles. The van der Waals surface area contributed by atoms with Crippen molar-refractivity contribution in [1.82, 2.24) is 0 Å². The van der Waals surface area contributed by atoms with Gasteiger partial charge in [-0.25, -0.2) is 0 Å². The molecule has 18 heavy (non-hydrogen) atoms. The molecule has 0 spiro atoms. The third-order valence-electron chi connectivity index (χ3n) is 2.21. The quantitative estimate of drug-likeness (QED) is 0.582. The fourth-order valence-corrected chi connectivity index (χ4v) is 8.15. The number of hydrogen-bond acceptors (Lipinski definition) is 7. The summed E-state index contributed by atoms with van der Waals surface area (Å²) in [7, 11) is 10.5. The van der Waals surface area contributed by atoms with Crippen molar-refractivity contribution in [3.63, 3.8) is 0 Å². The van der Waals surface area contributed by atoms with Crippen molar-refractivity contribution in [3.05, 3.63) is 0 Å². The summed E-state index contributed by atoms with van der Waals surface area (Å²) < 4.78 is 10.5. The molecule has 0 aromatic heterocycles. The molecule has 0 radical (unpaired) electrons. The molecule has 2 atom stereocenters. The maximum atomic E-state index is 7.00. The predicted molar refractivity (Wildman–Crippen MR) is 96.3 cm³/mol. The van der Waals surface area contributed by atoms with Gasteiger partial charge in [-0.05, 0) is 25.7 Å². The molecule has 2 heterocycles. The molecule has 0 aromatic carbocycles. The number of aliphatic hydroxyl groups excluding tert-OH is 1. The smallest absolute Gasteiger partial charge is 0.147 e. The zero-order valence-corrected chi connectivity index (χ0v) is 18.6. The third-order valence-corrected chi connectivity index (χ3v) is 9.61. The number of rotatable bonds is 2. The highest BCUT2D eigenvalue weighted by Crippen LogP contribution is 2.36. The topological polar surface area (TPSA) is 38.7 Å². The lowest BCUT2D eigenvalue weighted by atomic mass is 10.4. The second-order valence-corrected chi connectivity index (χ2v) is 9.69. The van der Waals surface area contributed by atoms with Crippen molar-refractivity contribution in [1.29, 1.82) is 0 Å². The summed E-state index contributed by atoms with van der Waals surface area (Å²) in [6, 6.07) is 0. The van der Waals surface area contributed by atoms with E-state index in [4.69, 9.17) is 14.0 Å². The maximum Gasteiger partial charge on any atom is 0.147 e. The first kappa shape index (κ1) is 19.7. The van der Waals surface area contributed by atoms with Gasteiger partial charge in [0.25, 0.3) is 0 Å². The van der Waals surface area contributed by atoms with Gasteiger partial charge in [0.1, 0.15) is 31.8 Å². The molecule has 9 heteroatoms. The Balaban J connectivity index is 0.000000283. The lowest BCUT2D eigenvalue weighted by Crippen LogP contribution is -2.08. The summed E-state index contributed by atoms with van der Waals surface area (Å²) in [6.07, 6.45) is 5.21. The first-order valence-electron chi connectivity index (χ1n) is 5.93. The molecule has 0 saturated carbocycles. The summed E-state index contributed by atoms with van der Waals surface area (Å²) in [5.41, 5.74) is 1.06. The van der Waals surface area contributed by atoms with Crippen LogP contribution in [0.15, 0.2) is 0 Å². The summed E-state index contributed by atoms with van der Waals surface area (Å²) in [5, 5.41) is 7.00. The van der Waals surface area contributed by atoms with Gasteiger partial charge >= 0.3 is 0 Å². The Morgan fingerprint density at radius 3 is 1.44 bits per heavy atom. The number of aliphatic hydroxyl groups is 1. The Kier molecular flexibility index (Phi) is 16.5. The van der Waals surface area contributed by atoms with Crippen LogP contribution in [0.2, 0.25) is 0 Å². The van der Waals surface area contributed by atoms with E-state index in [0.717, 1.165) is 28.1 Å². The molecular weight excluding hydrogens is 341 g/mol. The van der Waals surface area contributed by atoms with Gasteiger partial charge in [-0.15, -0.1) is 0 Å². The Morgan fingerprint density at radius 1 is 0.889 bits per heavy atom. The van der Waals surface area contributed by atoms with Crippen LogP contribution in [0.1, 0.15) is 25.7 Å². The predicted octanol–water partition coefficient (Wildman–Crippen LogP) is 1.18. The highest BCUT2D eigenvalue weighted by Gasteiger charge is 2.12. The minimum atomic E-state index is 0.528. The van der Waals surface area contributed by atoms with Gasteiger partial charge in [0.2, 0.25) is 0 Å². The highest BCUT2D eigenvalue weighted by atomic mass is 33.1. The van der Waals surface area contributed by atoms with Crippen LogP contribution < -0.4 is 0 Å². The average molecular weight is 365 g/mol. The molecule has 0 aliphatic carbocycles. The Bertz CT molecular complexity index is 152. The molecular formula is C9H24O3S4Si2. The molecule has 3 nitrogen and oxygen atoms in total. The van der Waals surface area contributed by atoms with E-state index < -0.39 is 0 Å². The second kappa shape index (κ2) is 15.1. The molecule has 0 aromatic rings. The first-order chi connectivity index (χ1) is 8.86. The van der Waals surface area contributed by atoms with E-state index in [0.29, 0.717) is 10.9 Å². The van der Waals surface area contributed by atoms with Gasteiger partial charge in [-0.2, -0.15) is 0 Å². The van der Waals surface area contributed by atoms with Crippen LogP contribution in [0.4, 0.5) is 0 Å². The van der Waals surface area contributed by atoms with Crippen molar-refractivity contribution >= 4 is 64.1 Å². The summed E-state index contributed by atoms with van der Waals surface area (Å²) in [5.74, 6) is 2.62. The molecule has 1 N–H and O–H groups in total. The Hall–Kier alpha value is 1.71. The lowest BCUT2D eigenvalue weighted by molar-refractivity contribution is 0.303. The lowest BCUT2D eigenvalue weighted by Gasteiger charge is -2.18. The molecule has 2 aliphatic heterocycles. The molecule has 2 fully saturated rings. The molecule has 2 aliphatic rings. The molecule has 0 bridgehead atoms. The normalized spacial score (nSPS) is 27.7. The largest absolute Gasteiger partial charge is 0.415 e. The van der Waals surface area contributed by atoms with E-state index in [1.165, 1.54) is 37.2 Å². The van der Waals surface area contributed by atoms with Crippen LogP contribution >= 0.6 is 43.2 Å². The number of hydrogen-bond donors (Lipinski definition) is 1. The van der Waals surface area contributed by atoms with Crippen LogP contribution in [0.25, 0.3) is 0 Å². The Labute approximate surface area is 133 Å². The zero-order valence-electron chi connectivity index (χ0n) is 11.3. The van der Waals surface area contributed by atoms with Gasteiger partial charge in [-0.1, -0.05) is 43.2 Å². The monoisotopic (exact) mass is 364 g/mol. The van der Waals surface area contributed by atoms with Crippen molar-refractivity contribution in [3.8, 4) is 0 Å². The van der Waals surface area contributed by atoms with Gasteiger partial charge in [-0.3, -0.25) is 0 Å². The van der Waals surface area contributed by atoms with Gasteiger partial charge in [0.05, 0.1) is 0 Å². The SMILES string of the molecule is CO.[SiH3]OC1CCCSS1.[SiH3]OC1CCCSS1. The zero-order chi connectivity index (χ0) is 13.6. The van der Waals surface area contributed by atoms with Crippen LogP contribution in [0.3, 0.4) is 0 Å². The highest BCUT2D eigenvalue weighted by molar-refractivity contribution is 8.77. The van der Waals surface area contributed by atoms with Gasteiger partial charge in [0, 0.05) is 18.6 Å². The summed E-state index contributed by atoms with van der Waals surface area (Å²) in [4.78, 5) is 0. The van der Waals surface area contributed by atoms with E-state index in [2.05, 4.69) is 0 Å². The summed E-state index contributed by atoms with van der Waals surface area (Å²) >= 11 is 0. The van der Waals surface area contributed by atoms with E-state index in [9.17, 15) is 0 Å². The maximum absolute atomic E-state index is 7.00. The molecule has 2 unspecified atom stereocenters. The summed E-state index contributed by atoms with van der Waals surface area (Å²) in [6.45, 7) is 0. The fourth-order valence-electron chi connectivity index (χ4n) is 1.28. The van der Waals surface area contributed by atoms with Crippen molar-refractivity contribution in [2.45, 2.75) is 36.6 Å². The van der Waals surface area contributed by atoms with Crippen molar-refractivity contribution < 1.29 is 14.0 Å². The van der Waals surface area contributed by atoms with E-state index >= 15 is 0 Å². The third kappa shape index (κ3) is 10.5. The van der Waals surface area contributed by atoms with E-state index in [-0.39, 0.29) is 0 Å². The van der Waals surface area contributed by atoms with Gasteiger partial charge < -0.3 is 14.0 Å². The first-order valence-corrected chi connectivity index (χ1v) is 12.3. The van der Waals surface area contributed by atoms with Crippen molar-refractivity contribution in [2.75, 3.05) is 18.6 Å². The standard InChI is InChI=1S/2C4H10OS2Si.CH4O/c2*8-5-4-2-1-3-6-7-4;1-2/h2*4H,1-3H2,8H3;2H,1H3. The van der Waals surface area contributed by atoms with Crippen LogP contribution in [0, 0.1) is 0 Å². The van der Waals surface area contributed by atoms with Crippen LogP contribution in [-0.2, 0) is 8.85 Å².